The van der Waals surface area contributed by atoms with E-state index in [1.165, 1.54) is 6.42 Å². The third-order valence-corrected chi connectivity index (χ3v) is 5.44. The Morgan fingerprint density at radius 3 is 2.81 bits per heavy atom. The summed E-state index contributed by atoms with van der Waals surface area (Å²) < 4.78 is 4.27. The number of pyridine rings is 1. The predicted octanol–water partition coefficient (Wildman–Crippen LogP) is 2.45. The van der Waals surface area contributed by atoms with Crippen LogP contribution in [0.15, 0.2) is 30.6 Å². The third kappa shape index (κ3) is 3.93. The SMILES string of the molecule is Cc1cccc(CN2CCC[C@@H](c3nnc(Cn4ccnc4C)n3C)C2)n1. The van der Waals surface area contributed by atoms with Crippen LogP contribution < -0.4 is 0 Å². The van der Waals surface area contributed by atoms with Crippen LogP contribution in [0.1, 0.15) is 47.6 Å². The fourth-order valence-electron chi connectivity index (χ4n) is 3.92. The Kier molecular flexibility index (Phi) is 5.03. The highest BCUT2D eigenvalue weighted by atomic mass is 15.3. The van der Waals surface area contributed by atoms with Crippen molar-refractivity contribution >= 4 is 0 Å². The van der Waals surface area contributed by atoms with Crippen LogP contribution in [0.4, 0.5) is 0 Å². The molecule has 0 N–H and O–H groups in total. The zero-order valence-corrected chi connectivity index (χ0v) is 16.3. The summed E-state index contributed by atoms with van der Waals surface area (Å²) in [6, 6.07) is 6.25. The van der Waals surface area contributed by atoms with Gasteiger partial charge in [0, 0.05) is 44.1 Å². The summed E-state index contributed by atoms with van der Waals surface area (Å²) in [6.45, 7) is 7.79. The molecule has 1 fully saturated rings. The van der Waals surface area contributed by atoms with Gasteiger partial charge in [0.25, 0.3) is 0 Å². The number of likely N-dealkylation sites (tertiary alicyclic amines) is 1. The van der Waals surface area contributed by atoms with E-state index in [1.807, 2.05) is 32.3 Å². The first-order valence-electron chi connectivity index (χ1n) is 9.61. The topological polar surface area (TPSA) is 64.7 Å². The van der Waals surface area contributed by atoms with Crippen LogP contribution in [0.25, 0.3) is 0 Å². The maximum absolute atomic E-state index is 4.65. The molecule has 0 saturated carbocycles. The summed E-state index contributed by atoms with van der Waals surface area (Å²) in [4.78, 5) is 11.4. The van der Waals surface area contributed by atoms with Crippen LogP contribution in [0.2, 0.25) is 0 Å². The lowest BCUT2D eigenvalue weighted by Crippen LogP contribution is -2.35. The Hall–Kier alpha value is -2.54. The monoisotopic (exact) mass is 365 g/mol. The van der Waals surface area contributed by atoms with E-state index in [1.54, 1.807) is 0 Å². The van der Waals surface area contributed by atoms with E-state index in [9.17, 15) is 0 Å². The van der Waals surface area contributed by atoms with Crippen LogP contribution in [-0.4, -0.2) is 47.3 Å². The van der Waals surface area contributed by atoms with Gasteiger partial charge < -0.3 is 9.13 Å². The average molecular weight is 365 g/mol. The average Bonchev–Trinajstić information content (AvgIpc) is 3.22. The number of aryl methyl sites for hydroxylation is 2. The van der Waals surface area contributed by atoms with E-state index < -0.39 is 0 Å². The Labute approximate surface area is 160 Å². The third-order valence-electron chi connectivity index (χ3n) is 5.44. The minimum atomic E-state index is 0.415. The summed E-state index contributed by atoms with van der Waals surface area (Å²) in [5, 5.41) is 9.00. The lowest BCUT2D eigenvalue weighted by atomic mass is 9.97. The number of imidazole rings is 1. The maximum Gasteiger partial charge on any atom is 0.152 e. The molecule has 0 aliphatic carbocycles. The first-order chi connectivity index (χ1) is 13.1. The highest BCUT2D eigenvalue weighted by Gasteiger charge is 2.26. The zero-order chi connectivity index (χ0) is 18.8. The van der Waals surface area contributed by atoms with E-state index in [0.717, 1.165) is 54.9 Å². The Bertz CT molecular complexity index is 911. The molecule has 3 aromatic heterocycles. The fourth-order valence-corrected chi connectivity index (χ4v) is 3.92. The van der Waals surface area contributed by atoms with Gasteiger partial charge in [0.05, 0.1) is 12.2 Å². The van der Waals surface area contributed by atoms with Gasteiger partial charge in [0.15, 0.2) is 5.82 Å². The number of aromatic nitrogens is 6. The van der Waals surface area contributed by atoms with Crippen molar-refractivity contribution in [1.82, 2.24) is 34.2 Å². The molecule has 4 rings (SSSR count). The number of nitrogens with zero attached hydrogens (tertiary/aromatic N) is 7. The molecule has 0 aromatic carbocycles. The lowest BCUT2D eigenvalue weighted by Gasteiger charge is -2.32. The van der Waals surface area contributed by atoms with E-state index in [-0.39, 0.29) is 0 Å². The van der Waals surface area contributed by atoms with Gasteiger partial charge in [-0.15, -0.1) is 10.2 Å². The number of piperidine rings is 1. The summed E-state index contributed by atoms with van der Waals surface area (Å²) >= 11 is 0. The van der Waals surface area contributed by atoms with Gasteiger partial charge in [-0.05, 0) is 45.4 Å². The summed E-state index contributed by atoms with van der Waals surface area (Å²) in [7, 11) is 2.08. The minimum absolute atomic E-state index is 0.415. The number of hydrogen-bond acceptors (Lipinski definition) is 5. The summed E-state index contributed by atoms with van der Waals surface area (Å²) in [5.74, 6) is 3.47. The molecule has 0 bridgehead atoms. The summed E-state index contributed by atoms with van der Waals surface area (Å²) in [6.07, 6.45) is 6.15. The van der Waals surface area contributed by atoms with Gasteiger partial charge in [0.1, 0.15) is 11.6 Å². The second-order valence-corrected chi connectivity index (χ2v) is 7.48. The predicted molar refractivity (Wildman–Crippen MR) is 103 cm³/mol. The molecular formula is C20H27N7. The molecule has 7 heteroatoms. The minimum Gasteiger partial charge on any atom is -0.328 e. The van der Waals surface area contributed by atoms with Crippen LogP contribution in [0, 0.1) is 13.8 Å². The van der Waals surface area contributed by atoms with Crippen molar-refractivity contribution in [3.05, 3.63) is 59.5 Å². The van der Waals surface area contributed by atoms with Crippen LogP contribution in [0.5, 0.6) is 0 Å². The van der Waals surface area contributed by atoms with Crippen molar-refractivity contribution in [3.8, 4) is 0 Å². The van der Waals surface area contributed by atoms with E-state index in [4.69, 9.17) is 0 Å². The van der Waals surface area contributed by atoms with Crippen LogP contribution in [0.3, 0.4) is 0 Å². The van der Waals surface area contributed by atoms with Gasteiger partial charge in [-0.2, -0.15) is 0 Å². The maximum atomic E-state index is 4.65. The largest absolute Gasteiger partial charge is 0.328 e. The number of rotatable bonds is 5. The van der Waals surface area contributed by atoms with Gasteiger partial charge in [-0.1, -0.05) is 6.07 Å². The molecule has 4 heterocycles. The van der Waals surface area contributed by atoms with Crippen molar-refractivity contribution in [2.24, 2.45) is 7.05 Å². The van der Waals surface area contributed by atoms with Gasteiger partial charge in [-0.25, -0.2) is 4.98 Å². The van der Waals surface area contributed by atoms with Crippen molar-refractivity contribution < 1.29 is 0 Å². The smallest absolute Gasteiger partial charge is 0.152 e. The van der Waals surface area contributed by atoms with Gasteiger partial charge in [0.2, 0.25) is 0 Å². The first kappa shape index (κ1) is 17.9. The molecule has 0 amide bonds. The molecule has 0 radical (unpaired) electrons. The molecule has 7 nitrogen and oxygen atoms in total. The quantitative estimate of drug-likeness (QED) is 0.695. The van der Waals surface area contributed by atoms with Crippen molar-refractivity contribution in [1.29, 1.82) is 0 Å². The highest BCUT2D eigenvalue weighted by Crippen LogP contribution is 2.26. The normalized spacial score (nSPS) is 18.1. The van der Waals surface area contributed by atoms with Crippen LogP contribution >= 0.6 is 0 Å². The van der Waals surface area contributed by atoms with Crippen molar-refractivity contribution in [2.45, 2.75) is 45.7 Å². The second kappa shape index (κ2) is 7.60. The van der Waals surface area contributed by atoms with E-state index in [2.05, 4.69) is 53.4 Å². The van der Waals surface area contributed by atoms with E-state index >= 15 is 0 Å². The lowest BCUT2D eigenvalue weighted by molar-refractivity contribution is 0.193. The molecule has 3 aromatic rings. The number of hydrogen-bond donors (Lipinski definition) is 0. The molecule has 0 unspecified atom stereocenters. The van der Waals surface area contributed by atoms with E-state index in [0.29, 0.717) is 12.5 Å². The molecule has 1 saturated heterocycles. The van der Waals surface area contributed by atoms with Gasteiger partial charge >= 0.3 is 0 Å². The zero-order valence-electron chi connectivity index (χ0n) is 16.3. The second-order valence-electron chi connectivity index (χ2n) is 7.48. The summed E-state index contributed by atoms with van der Waals surface area (Å²) in [5.41, 5.74) is 2.22. The Morgan fingerprint density at radius 1 is 1.15 bits per heavy atom. The van der Waals surface area contributed by atoms with Crippen LogP contribution in [-0.2, 0) is 20.1 Å². The van der Waals surface area contributed by atoms with Gasteiger partial charge in [-0.3, -0.25) is 9.88 Å². The molecule has 1 aliphatic heterocycles. The molecule has 0 spiro atoms. The Balaban J connectivity index is 1.46. The highest BCUT2D eigenvalue weighted by molar-refractivity contribution is 5.11. The molecule has 142 valence electrons. The van der Waals surface area contributed by atoms with Crippen molar-refractivity contribution in [2.75, 3.05) is 13.1 Å². The molecular weight excluding hydrogens is 338 g/mol. The Morgan fingerprint density at radius 2 is 2.04 bits per heavy atom. The van der Waals surface area contributed by atoms with Crippen molar-refractivity contribution in [3.63, 3.8) is 0 Å². The standard InChI is InChI=1S/C20H27N7/c1-15-6-4-8-18(22-15)13-26-10-5-7-17(12-26)20-24-23-19(25(20)3)14-27-11-9-21-16(27)2/h4,6,8-9,11,17H,5,7,10,12-14H2,1-3H3/t17-/m1/s1. The molecule has 27 heavy (non-hydrogen) atoms. The molecule has 1 aliphatic rings. The fraction of sp³-hybridized carbons (Fsp3) is 0.500. The first-order valence-corrected chi connectivity index (χ1v) is 9.61. The molecule has 1 atom stereocenters.